The minimum atomic E-state index is -0.383. The molecular weight excluding hydrogens is 348 g/mol. The van der Waals surface area contributed by atoms with Crippen LogP contribution in [0.1, 0.15) is 38.7 Å². The van der Waals surface area contributed by atoms with E-state index in [9.17, 15) is 9.59 Å². The third-order valence-electron chi connectivity index (χ3n) is 4.60. The molecule has 0 radical (unpaired) electrons. The van der Waals surface area contributed by atoms with Gasteiger partial charge in [0, 0.05) is 25.6 Å². The molecule has 0 saturated carbocycles. The van der Waals surface area contributed by atoms with Gasteiger partial charge in [0.05, 0.1) is 20.3 Å². The molecule has 1 aliphatic heterocycles. The molecular formula is C20H30N2O5. The molecule has 1 N–H and O–H groups in total. The molecule has 7 heteroatoms. The lowest BCUT2D eigenvalue weighted by Gasteiger charge is -2.32. The summed E-state index contributed by atoms with van der Waals surface area (Å²) in [5.41, 5.74) is 1.04. The summed E-state index contributed by atoms with van der Waals surface area (Å²) in [4.78, 5) is 25.8. The number of carbonyl (C=O) groups is 2. The second kappa shape index (κ2) is 10.6. The standard InChI is InChI=1S/C20H30N2O5/c1-4-26-17-8-6-15(14-18(17)25-3)7-9-19(23)22-12-10-16(11-13-22)21-20(24)27-5-2/h6,8,14,16H,4-5,7,9-13H2,1-3H3,(H,21,24). The number of likely N-dealkylation sites (tertiary alicyclic amines) is 1. The van der Waals surface area contributed by atoms with Gasteiger partial charge in [-0.2, -0.15) is 0 Å². The van der Waals surface area contributed by atoms with Crippen LogP contribution in [0.4, 0.5) is 4.79 Å². The molecule has 0 aliphatic carbocycles. The van der Waals surface area contributed by atoms with Crippen LogP contribution in [-0.2, 0) is 16.0 Å². The smallest absolute Gasteiger partial charge is 0.407 e. The molecule has 150 valence electrons. The summed E-state index contributed by atoms with van der Waals surface area (Å²) in [7, 11) is 1.61. The molecule has 2 rings (SSSR count). The fourth-order valence-corrected chi connectivity index (χ4v) is 3.16. The third kappa shape index (κ3) is 6.34. The number of carbonyl (C=O) groups excluding carboxylic acids is 2. The van der Waals surface area contributed by atoms with E-state index in [1.807, 2.05) is 30.0 Å². The van der Waals surface area contributed by atoms with Gasteiger partial charge in [-0.15, -0.1) is 0 Å². The van der Waals surface area contributed by atoms with Crippen LogP contribution in [0.25, 0.3) is 0 Å². The van der Waals surface area contributed by atoms with Crippen molar-refractivity contribution in [1.82, 2.24) is 10.2 Å². The zero-order chi connectivity index (χ0) is 19.6. The van der Waals surface area contributed by atoms with E-state index in [-0.39, 0.29) is 18.0 Å². The first-order chi connectivity index (χ1) is 13.1. The van der Waals surface area contributed by atoms with Crippen LogP contribution in [0, 0.1) is 0 Å². The predicted molar refractivity (Wildman–Crippen MR) is 102 cm³/mol. The van der Waals surface area contributed by atoms with Crippen LogP contribution in [0.5, 0.6) is 11.5 Å². The van der Waals surface area contributed by atoms with E-state index in [1.54, 1.807) is 14.0 Å². The molecule has 1 fully saturated rings. The van der Waals surface area contributed by atoms with E-state index in [4.69, 9.17) is 14.2 Å². The summed E-state index contributed by atoms with van der Waals surface area (Å²) >= 11 is 0. The van der Waals surface area contributed by atoms with Crippen LogP contribution in [-0.4, -0.2) is 56.4 Å². The van der Waals surface area contributed by atoms with Crippen LogP contribution in [0.15, 0.2) is 18.2 Å². The molecule has 0 aromatic heterocycles. The van der Waals surface area contributed by atoms with Gasteiger partial charge < -0.3 is 24.4 Å². The summed E-state index contributed by atoms with van der Waals surface area (Å²) in [6, 6.07) is 5.85. The largest absolute Gasteiger partial charge is 0.493 e. The number of alkyl carbamates (subject to hydrolysis) is 1. The number of nitrogens with one attached hydrogen (secondary N) is 1. The molecule has 0 bridgehead atoms. The van der Waals surface area contributed by atoms with E-state index in [2.05, 4.69) is 5.32 Å². The van der Waals surface area contributed by atoms with E-state index in [0.29, 0.717) is 50.6 Å². The second-order valence-electron chi connectivity index (χ2n) is 6.44. The highest BCUT2D eigenvalue weighted by molar-refractivity contribution is 5.76. The Hall–Kier alpha value is -2.44. The molecule has 2 amide bonds. The summed E-state index contributed by atoms with van der Waals surface area (Å²) < 4.78 is 15.8. The number of benzene rings is 1. The number of amides is 2. The monoisotopic (exact) mass is 378 g/mol. The number of hydrogen-bond acceptors (Lipinski definition) is 5. The van der Waals surface area contributed by atoms with Crippen molar-refractivity contribution in [3.8, 4) is 11.5 Å². The predicted octanol–water partition coefficient (Wildman–Crippen LogP) is 2.76. The van der Waals surface area contributed by atoms with Crippen molar-refractivity contribution in [3.63, 3.8) is 0 Å². The molecule has 1 saturated heterocycles. The van der Waals surface area contributed by atoms with E-state index >= 15 is 0 Å². The lowest BCUT2D eigenvalue weighted by atomic mass is 10.0. The van der Waals surface area contributed by atoms with E-state index < -0.39 is 0 Å². The summed E-state index contributed by atoms with van der Waals surface area (Å²) in [5.74, 6) is 1.54. The van der Waals surface area contributed by atoms with Gasteiger partial charge in [-0.05, 0) is 50.8 Å². The van der Waals surface area contributed by atoms with Gasteiger partial charge in [0.1, 0.15) is 0 Å². The van der Waals surface area contributed by atoms with Crippen LogP contribution < -0.4 is 14.8 Å². The zero-order valence-electron chi connectivity index (χ0n) is 16.5. The third-order valence-corrected chi connectivity index (χ3v) is 4.60. The number of methoxy groups -OCH3 is 1. The number of nitrogens with zero attached hydrogens (tertiary/aromatic N) is 1. The van der Waals surface area contributed by atoms with Gasteiger partial charge >= 0.3 is 6.09 Å². The highest BCUT2D eigenvalue weighted by Gasteiger charge is 2.24. The molecule has 1 heterocycles. The second-order valence-corrected chi connectivity index (χ2v) is 6.44. The zero-order valence-corrected chi connectivity index (χ0v) is 16.5. The van der Waals surface area contributed by atoms with Crippen molar-refractivity contribution >= 4 is 12.0 Å². The fraction of sp³-hybridized carbons (Fsp3) is 0.600. The van der Waals surface area contributed by atoms with Gasteiger partial charge in [-0.1, -0.05) is 6.07 Å². The topological polar surface area (TPSA) is 77.1 Å². The van der Waals surface area contributed by atoms with Gasteiger partial charge in [0.25, 0.3) is 0 Å². The minimum Gasteiger partial charge on any atom is -0.493 e. The molecule has 1 aromatic carbocycles. The first-order valence-corrected chi connectivity index (χ1v) is 9.58. The first kappa shape index (κ1) is 20.9. The van der Waals surface area contributed by atoms with Crippen molar-refractivity contribution in [2.45, 2.75) is 45.6 Å². The van der Waals surface area contributed by atoms with Gasteiger partial charge in [0.15, 0.2) is 11.5 Å². The number of aryl methyl sites for hydroxylation is 1. The van der Waals surface area contributed by atoms with Crippen LogP contribution in [0.2, 0.25) is 0 Å². The van der Waals surface area contributed by atoms with Crippen LogP contribution >= 0.6 is 0 Å². The Balaban J connectivity index is 1.79. The Kier molecular flexibility index (Phi) is 8.23. The van der Waals surface area contributed by atoms with E-state index in [0.717, 1.165) is 18.4 Å². The van der Waals surface area contributed by atoms with Crippen molar-refractivity contribution in [2.24, 2.45) is 0 Å². The number of piperidine rings is 1. The van der Waals surface area contributed by atoms with Crippen molar-refractivity contribution in [3.05, 3.63) is 23.8 Å². The Morgan fingerprint density at radius 2 is 1.89 bits per heavy atom. The summed E-state index contributed by atoms with van der Waals surface area (Å²) in [6.45, 7) is 5.96. The molecule has 0 unspecified atom stereocenters. The molecule has 0 spiro atoms. The average Bonchev–Trinajstić information content (AvgIpc) is 2.68. The van der Waals surface area contributed by atoms with Gasteiger partial charge in [0.2, 0.25) is 5.91 Å². The summed E-state index contributed by atoms with van der Waals surface area (Å²) in [6.07, 6.45) is 2.23. The molecule has 0 atom stereocenters. The quantitative estimate of drug-likeness (QED) is 0.753. The lowest BCUT2D eigenvalue weighted by Crippen LogP contribution is -2.46. The van der Waals surface area contributed by atoms with Crippen molar-refractivity contribution < 1.29 is 23.8 Å². The number of rotatable bonds is 8. The Morgan fingerprint density at radius 1 is 1.15 bits per heavy atom. The van der Waals surface area contributed by atoms with Crippen molar-refractivity contribution in [2.75, 3.05) is 33.4 Å². The average molecular weight is 378 g/mol. The molecule has 1 aliphatic rings. The minimum absolute atomic E-state index is 0.0727. The Morgan fingerprint density at radius 3 is 2.52 bits per heavy atom. The van der Waals surface area contributed by atoms with Gasteiger partial charge in [-0.3, -0.25) is 4.79 Å². The summed E-state index contributed by atoms with van der Waals surface area (Å²) in [5, 5.41) is 2.84. The number of hydrogen-bond donors (Lipinski definition) is 1. The molecule has 7 nitrogen and oxygen atoms in total. The highest BCUT2D eigenvalue weighted by Crippen LogP contribution is 2.28. The van der Waals surface area contributed by atoms with Gasteiger partial charge in [-0.25, -0.2) is 4.79 Å². The maximum Gasteiger partial charge on any atom is 0.407 e. The lowest BCUT2D eigenvalue weighted by molar-refractivity contribution is -0.132. The van der Waals surface area contributed by atoms with Crippen LogP contribution in [0.3, 0.4) is 0 Å². The fourth-order valence-electron chi connectivity index (χ4n) is 3.16. The first-order valence-electron chi connectivity index (χ1n) is 9.58. The maximum atomic E-state index is 12.5. The molecule has 1 aromatic rings. The van der Waals surface area contributed by atoms with E-state index in [1.165, 1.54) is 0 Å². The maximum absolute atomic E-state index is 12.5. The SMILES string of the molecule is CCOC(=O)NC1CCN(C(=O)CCc2ccc(OCC)c(OC)c2)CC1. The van der Waals surface area contributed by atoms with Crippen molar-refractivity contribution in [1.29, 1.82) is 0 Å². The highest BCUT2D eigenvalue weighted by atomic mass is 16.5. The molecule has 27 heavy (non-hydrogen) atoms. The Bertz CT molecular complexity index is 627. The Labute approximate surface area is 161 Å². The number of ether oxygens (including phenoxy) is 3. The normalized spacial score (nSPS) is 14.6.